The maximum absolute atomic E-state index is 12.1. The third-order valence-corrected chi connectivity index (χ3v) is 5.19. The number of hydrogen-bond acceptors (Lipinski definition) is 5. The summed E-state index contributed by atoms with van der Waals surface area (Å²) in [4.78, 5) is 12.1. The smallest absolute Gasteiger partial charge is 0.466 e. The summed E-state index contributed by atoms with van der Waals surface area (Å²) in [5, 5.41) is 0.477. The monoisotopic (exact) mass is 368 g/mol. The van der Waals surface area contributed by atoms with Gasteiger partial charge in [0, 0.05) is 5.82 Å². The molecule has 1 aromatic rings. The minimum Gasteiger partial charge on any atom is -0.495 e. The van der Waals surface area contributed by atoms with E-state index < -0.39 is 18.3 Å². The summed E-state index contributed by atoms with van der Waals surface area (Å²) < 4.78 is 22.6. The fourth-order valence-electron chi connectivity index (χ4n) is 2.74. The Balaban J connectivity index is 2.34. The summed E-state index contributed by atoms with van der Waals surface area (Å²) in [6.45, 7) is 10.0. The van der Waals surface area contributed by atoms with Gasteiger partial charge in [-0.3, -0.25) is 4.79 Å². The Morgan fingerprint density at radius 2 is 1.84 bits per heavy atom. The third-order valence-electron chi connectivity index (χ3n) is 4.90. The van der Waals surface area contributed by atoms with Crippen molar-refractivity contribution >= 4 is 24.7 Å². The van der Waals surface area contributed by atoms with Crippen molar-refractivity contribution in [2.75, 3.05) is 13.7 Å². The van der Waals surface area contributed by atoms with Gasteiger partial charge in [0.05, 0.1) is 36.4 Å². The Morgan fingerprint density at radius 1 is 1.24 bits per heavy atom. The Morgan fingerprint density at radius 3 is 2.32 bits per heavy atom. The number of benzene rings is 1. The molecule has 25 heavy (non-hydrogen) atoms. The van der Waals surface area contributed by atoms with Crippen molar-refractivity contribution in [3.05, 3.63) is 28.8 Å². The molecule has 0 saturated carbocycles. The van der Waals surface area contributed by atoms with Crippen LogP contribution in [0, 0.1) is 0 Å². The predicted molar refractivity (Wildman–Crippen MR) is 98.1 cm³/mol. The fourth-order valence-corrected chi connectivity index (χ4v) is 3.00. The summed E-state index contributed by atoms with van der Waals surface area (Å²) in [6.07, 6.45) is 0.146. The summed E-state index contributed by atoms with van der Waals surface area (Å²) in [7, 11) is 0.990. The zero-order valence-corrected chi connectivity index (χ0v) is 16.5. The van der Waals surface area contributed by atoms with Crippen LogP contribution in [0.5, 0.6) is 5.75 Å². The zero-order valence-electron chi connectivity index (χ0n) is 15.7. The topological polar surface area (TPSA) is 54.0 Å². The molecule has 0 N–H and O–H groups in total. The number of halogens is 1. The van der Waals surface area contributed by atoms with E-state index in [2.05, 4.69) is 0 Å². The Bertz CT molecular complexity index is 616. The lowest BCUT2D eigenvalue weighted by molar-refractivity contribution is -0.143. The molecule has 1 unspecified atom stereocenters. The molecule has 0 spiro atoms. The summed E-state index contributed by atoms with van der Waals surface area (Å²) >= 11 is 6.27. The van der Waals surface area contributed by atoms with Crippen molar-refractivity contribution in [3.63, 3.8) is 0 Å². The zero-order chi connectivity index (χ0) is 18.8. The van der Waals surface area contributed by atoms with E-state index >= 15 is 0 Å². The van der Waals surface area contributed by atoms with Crippen LogP contribution in [0.2, 0.25) is 5.02 Å². The molecule has 138 valence electrons. The Labute approximate surface area is 155 Å². The third kappa shape index (κ3) is 4.30. The lowest BCUT2D eigenvalue weighted by atomic mass is 9.66. The molecule has 1 aliphatic heterocycles. The number of carbonyl (C=O) groups excluding carboxylic acids is 1. The highest BCUT2D eigenvalue weighted by Crippen LogP contribution is 2.42. The molecule has 0 aliphatic carbocycles. The van der Waals surface area contributed by atoms with Crippen LogP contribution in [-0.2, 0) is 18.8 Å². The average molecular weight is 369 g/mol. The summed E-state index contributed by atoms with van der Waals surface area (Å²) in [5.74, 6) is -0.0492. The van der Waals surface area contributed by atoms with Gasteiger partial charge in [0.2, 0.25) is 0 Å². The second-order valence-corrected chi connectivity index (χ2v) is 7.54. The first-order valence-corrected chi connectivity index (χ1v) is 8.83. The Hall–Kier alpha value is -1.24. The van der Waals surface area contributed by atoms with Gasteiger partial charge in [-0.25, -0.2) is 0 Å². The van der Waals surface area contributed by atoms with E-state index in [-0.39, 0.29) is 18.2 Å². The van der Waals surface area contributed by atoms with E-state index in [1.165, 1.54) is 0 Å². The van der Waals surface area contributed by atoms with Crippen LogP contribution in [-0.4, -0.2) is 38.0 Å². The van der Waals surface area contributed by atoms with Crippen LogP contribution < -0.4 is 4.74 Å². The minimum atomic E-state index is -0.570. The average Bonchev–Trinajstić information content (AvgIpc) is 2.73. The van der Waals surface area contributed by atoms with Crippen molar-refractivity contribution in [2.24, 2.45) is 0 Å². The van der Waals surface area contributed by atoms with E-state index in [1.807, 2.05) is 33.8 Å². The van der Waals surface area contributed by atoms with Gasteiger partial charge in [-0.05, 0) is 52.3 Å². The maximum atomic E-state index is 12.1. The number of carbonyl (C=O) groups is 1. The molecule has 1 heterocycles. The van der Waals surface area contributed by atoms with Gasteiger partial charge < -0.3 is 18.8 Å². The molecule has 1 saturated heterocycles. The molecule has 1 aromatic carbocycles. The molecule has 1 aliphatic rings. The summed E-state index contributed by atoms with van der Waals surface area (Å²) in [6, 6.07) is 5.44. The molecule has 2 rings (SSSR count). The number of esters is 1. The molecule has 7 heteroatoms. The van der Waals surface area contributed by atoms with Crippen LogP contribution >= 0.6 is 11.6 Å². The fraction of sp³-hybridized carbons (Fsp3) is 0.611. The van der Waals surface area contributed by atoms with Gasteiger partial charge in [0.25, 0.3) is 0 Å². The van der Waals surface area contributed by atoms with E-state index in [0.29, 0.717) is 17.4 Å². The molecule has 0 bridgehead atoms. The molecule has 1 atom stereocenters. The first-order chi connectivity index (χ1) is 11.6. The molecule has 0 aromatic heterocycles. The first kappa shape index (κ1) is 20.1. The van der Waals surface area contributed by atoms with Gasteiger partial charge >= 0.3 is 13.1 Å². The lowest BCUT2D eigenvalue weighted by Gasteiger charge is -2.32. The summed E-state index contributed by atoms with van der Waals surface area (Å²) in [5.41, 5.74) is -0.126. The standard InChI is InChI=1S/C18H26BClO5/c1-7-23-16(21)11-13(12-8-9-15(22-6)14(20)10-12)19-24-17(2,3)18(4,5)25-19/h8-10,13H,7,11H2,1-6H3. The second-order valence-electron chi connectivity index (χ2n) is 7.13. The SMILES string of the molecule is CCOC(=O)CC(B1OC(C)(C)C(C)(C)O1)c1ccc(OC)c(Cl)c1. The Kier molecular flexibility index (Phi) is 6.07. The molecule has 0 amide bonds. The van der Waals surface area contributed by atoms with E-state index in [9.17, 15) is 4.79 Å². The second kappa shape index (κ2) is 7.56. The number of rotatable bonds is 6. The van der Waals surface area contributed by atoms with Gasteiger partial charge in [-0.2, -0.15) is 0 Å². The van der Waals surface area contributed by atoms with Crippen molar-refractivity contribution < 1.29 is 23.6 Å². The maximum Gasteiger partial charge on any atom is 0.466 e. The number of hydrogen-bond donors (Lipinski definition) is 0. The number of methoxy groups -OCH3 is 1. The molecular formula is C18H26BClO5. The van der Waals surface area contributed by atoms with Crippen LogP contribution in [0.4, 0.5) is 0 Å². The van der Waals surface area contributed by atoms with Crippen LogP contribution in [0.3, 0.4) is 0 Å². The highest BCUT2D eigenvalue weighted by molar-refractivity contribution is 6.48. The van der Waals surface area contributed by atoms with Gasteiger partial charge in [0.1, 0.15) is 5.75 Å². The normalized spacial score (nSPS) is 19.6. The quantitative estimate of drug-likeness (QED) is 0.561. The molecule has 5 nitrogen and oxygen atoms in total. The highest BCUT2D eigenvalue weighted by Gasteiger charge is 2.54. The molecule has 0 radical (unpaired) electrons. The van der Waals surface area contributed by atoms with Crippen molar-refractivity contribution in [3.8, 4) is 5.75 Å². The van der Waals surface area contributed by atoms with Gasteiger partial charge in [-0.15, -0.1) is 0 Å². The van der Waals surface area contributed by atoms with Crippen LogP contribution in [0.1, 0.15) is 52.4 Å². The molecular weight excluding hydrogens is 342 g/mol. The molecule has 1 fully saturated rings. The largest absolute Gasteiger partial charge is 0.495 e. The predicted octanol–water partition coefficient (Wildman–Crippen LogP) is 4.02. The van der Waals surface area contributed by atoms with Crippen LogP contribution in [0.25, 0.3) is 0 Å². The number of ether oxygens (including phenoxy) is 2. The highest BCUT2D eigenvalue weighted by atomic mass is 35.5. The van der Waals surface area contributed by atoms with Gasteiger partial charge in [-0.1, -0.05) is 17.7 Å². The van der Waals surface area contributed by atoms with E-state index in [1.54, 1.807) is 26.2 Å². The van der Waals surface area contributed by atoms with Gasteiger partial charge in [0.15, 0.2) is 0 Å². The van der Waals surface area contributed by atoms with Crippen molar-refractivity contribution in [1.29, 1.82) is 0 Å². The first-order valence-electron chi connectivity index (χ1n) is 8.46. The van der Waals surface area contributed by atoms with Crippen LogP contribution in [0.15, 0.2) is 18.2 Å². The van der Waals surface area contributed by atoms with E-state index in [4.69, 9.17) is 30.4 Å². The van der Waals surface area contributed by atoms with E-state index in [0.717, 1.165) is 5.56 Å². The minimum absolute atomic E-state index is 0.146. The van der Waals surface area contributed by atoms with Crippen molar-refractivity contribution in [2.45, 2.75) is 58.1 Å². The van der Waals surface area contributed by atoms with Crippen molar-refractivity contribution in [1.82, 2.24) is 0 Å². The lowest BCUT2D eigenvalue weighted by Crippen LogP contribution is -2.41.